The third-order valence-electron chi connectivity index (χ3n) is 5.01. The molecule has 0 spiro atoms. The topological polar surface area (TPSA) is 84.7 Å². The molecule has 2 saturated heterocycles. The van der Waals surface area contributed by atoms with Crippen LogP contribution in [0.2, 0.25) is 0 Å². The SMILES string of the molecule is CC1CC(c2ccccc2)CN1C(=O)NCC1CCC(C(N)=O)O1. The third kappa shape index (κ3) is 3.70. The molecule has 6 nitrogen and oxygen atoms in total. The van der Waals surface area contributed by atoms with Crippen LogP contribution < -0.4 is 11.1 Å². The van der Waals surface area contributed by atoms with Crippen molar-refractivity contribution in [2.45, 2.75) is 50.4 Å². The van der Waals surface area contributed by atoms with E-state index in [-0.39, 0.29) is 18.2 Å². The van der Waals surface area contributed by atoms with Crippen LogP contribution in [0.3, 0.4) is 0 Å². The number of nitrogens with two attached hydrogens (primary N) is 1. The van der Waals surface area contributed by atoms with Gasteiger partial charge in [-0.05, 0) is 31.7 Å². The van der Waals surface area contributed by atoms with Gasteiger partial charge >= 0.3 is 6.03 Å². The number of hydrogen-bond donors (Lipinski definition) is 2. The van der Waals surface area contributed by atoms with E-state index in [0.717, 1.165) is 19.4 Å². The average Bonchev–Trinajstić information content (AvgIpc) is 3.20. The van der Waals surface area contributed by atoms with Crippen LogP contribution in [0.1, 0.15) is 37.7 Å². The molecule has 1 aromatic carbocycles. The highest BCUT2D eigenvalue weighted by Gasteiger charge is 2.34. The van der Waals surface area contributed by atoms with Crippen molar-refractivity contribution >= 4 is 11.9 Å². The first-order valence-corrected chi connectivity index (χ1v) is 8.58. The van der Waals surface area contributed by atoms with E-state index in [0.29, 0.717) is 18.9 Å². The maximum Gasteiger partial charge on any atom is 0.317 e. The first-order chi connectivity index (χ1) is 11.5. The summed E-state index contributed by atoms with van der Waals surface area (Å²) in [5.74, 6) is -0.0448. The Morgan fingerprint density at radius 1 is 1.29 bits per heavy atom. The van der Waals surface area contributed by atoms with Gasteiger partial charge in [0.15, 0.2) is 0 Å². The Bertz CT molecular complexity index is 592. The number of urea groups is 1. The molecule has 2 heterocycles. The molecule has 0 bridgehead atoms. The van der Waals surface area contributed by atoms with Gasteiger partial charge in [0.05, 0.1) is 6.10 Å². The summed E-state index contributed by atoms with van der Waals surface area (Å²) in [6, 6.07) is 10.5. The van der Waals surface area contributed by atoms with Crippen LogP contribution in [0.15, 0.2) is 30.3 Å². The second-order valence-electron chi connectivity index (χ2n) is 6.76. The van der Waals surface area contributed by atoms with E-state index < -0.39 is 12.0 Å². The van der Waals surface area contributed by atoms with Gasteiger partial charge in [0, 0.05) is 25.0 Å². The number of benzene rings is 1. The molecule has 2 aliphatic rings. The molecule has 1 aromatic rings. The van der Waals surface area contributed by atoms with Gasteiger partial charge in [-0.3, -0.25) is 4.79 Å². The number of amides is 3. The quantitative estimate of drug-likeness (QED) is 0.879. The van der Waals surface area contributed by atoms with Crippen LogP contribution in [0, 0.1) is 0 Å². The van der Waals surface area contributed by atoms with Gasteiger partial charge in [-0.2, -0.15) is 0 Å². The summed E-state index contributed by atoms with van der Waals surface area (Å²) in [5.41, 5.74) is 6.53. The fourth-order valence-electron chi connectivity index (χ4n) is 3.65. The van der Waals surface area contributed by atoms with Crippen LogP contribution >= 0.6 is 0 Å². The molecule has 6 heteroatoms. The molecule has 0 aliphatic carbocycles. The summed E-state index contributed by atoms with van der Waals surface area (Å²) < 4.78 is 5.55. The maximum absolute atomic E-state index is 12.5. The first-order valence-electron chi connectivity index (χ1n) is 8.58. The summed E-state index contributed by atoms with van der Waals surface area (Å²) in [5, 5.41) is 2.94. The largest absolute Gasteiger partial charge is 0.367 e. The van der Waals surface area contributed by atoms with Gasteiger partial charge in [0.25, 0.3) is 0 Å². The molecule has 0 radical (unpaired) electrons. The highest BCUT2D eigenvalue weighted by molar-refractivity contribution is 5.79. The molecule has 3 N–H and O–H groups in total. The predicted octanol–water partition coefficient (Wildman–Crippen LogP) is 1.61. The predicted molar refractivity (Wildman–Crippen MR) is 90.5 cm³/mol. The molecule has 4 unspecified atom stereocenters. The van der Waals surface area contributed by atoms with E-state index in [1.54, 1.807) is 0 Å². The van der Waals surface area contributed by atoms with Crippen molar-refractivity contribution in [1.82, 2.24) is 10.2 Å². The van der Waals surface area contributed by atoms with Gasteiger partial charge in [-0.15, -0.1) is 0 Å². The smallest absolute Gasteiger partial charge is 0.317 e. The molecule has 2 fully saturated rings. The summed E-state index contributed by atoms with van der Waals surface area (Å²) in [6.45, 7) is 3.23. The van der Waals surface area contributed by atoms with Crippen LogP contribution in [0.25, 0.3) is 0 Å². The number of rotatable bonds is 4. The van der Waals surface area contributed by atoms with E-state index >= 15 is 0 Å². The van der Waals surface area contributed by atoms with Crippen molar-refractivity contribution < 1.29 is 14.3 Å². The fraction of sp³-hybridized carbons (Fsp3) is 0.556. The summed E-state index contributed by atoms with van der Waals surface area (Å²) in [4.78, 5) is 25.5. The molecule has 4 atom stereocenters. The first kappa shape index (κ1) is 16.8. The molecular formula is C18H25N3O3. The highest BCUT2D eigenvalue weighted by Crippen LogP contribution is 2.31. The van der Waals surface area contributed by atoms with E-state index in [2.05, 4.69) is 24.4 Å². The third-order valence-corrected chi connectivity index (χ3v) is 5.01. The average molecular weight is 331 g/mol. The van der Waals surface area contributed by atoms with E-state index in [1.165, 1.54) is 5.56 Å². The van der Waals surface area contributed by atoms with Gasteiger partial charge in [0.2, 0.25) is 5.91 Å². The monoisotopic (exact) mass is 331 g/mol. The molecule has 0 saturated carbocycles. The molecule has 24 heavy (non-hydrogen) atoms. The van der Waals surface area contributed by atoms with Crippen molar-refractivity contribution in [3.05, 3.63) is 35.9 Å². The standard InChI is InChI=1S/C18H25N3O3/c1-12-9-14(13-5-3-2-4-6-13)11-21(12)18(23)20-10-15-7-8-16(24-15)17(19)22/h2-6,12,14-16H,7-11H2,1H3,(H2,19,22)(H,20,23). The van der Waals surface area contributed by atoms with Crippen LogP contribution in [0.4, 0.5) is 4.79 Å². The van der Waals surface area contributed by atoms with Crippen LogP contribution in [-0.4, -0.2) is 48.2 Å². The molecule has 0 aromatic heterocycles. The summed E-state index contributed by atoms with van der Waals surface area (Å²) in [7, 11) is 0. The summed E-state index contributed by atoms with van der Waals surface area (Å²) >= 11 is 0. The number of ether oxygens (including phenoxy) is 1. The zero-order valence-electron chi connectivity index (χ0n) is 14.0. The van der Waals surface area contributed by atoms with Crippen molar-refractivity contribution in [2.24, 2.45) is 5.73 Å². The Labute approximate surface area is 142 Å². The molecule has 2 aliphatic heterocycles. The van der Waals surface area contributed by atoms with Crippen molar-refractivity contribution in [3.63, 3.8) is 0 Å². The Hall–Kier alpha value is -2.08. The van der Waals surface area contributed by atoms with Gasteiger partial charge in [-0.1, -0.05) is 30.3 Å². The normalized spacial score (nSPS) is 29.6. The number of primary amides is 1. The lowest BCUT2D eigenvalue weighted by Crippen LogP contribution is -2.44. The minimum atomic E-state index is -0.514. The zero-order chi connectivity index (χ0) is 17.1. The van der Waals surface area contributed by atoms with E-state index in [9.17, 15) is 9.59 Å². The molecule has 3 amide bonds. The number of nitrogens with one attached hydrogen (secondary N) is 1. The van der Waals surface area contributed by atoms with Crippen molar-refractivity contribution in [3.8, 4) is 0 Å². The lowest BCUT2D eigenvalue weighted by molar-refractivity contribution is -0.128. The molecular weight excluding hydrogens is 306 g/mol. The second-order valence-corrected chi connectivity index (χ2v) is 6.76. The number of carbonyl (C=O) groups excluding carboxylic acids is 2. The second kappa shape index (κ2) is 7.21. The molecule has 130 valence electrons. The number of likely N-dealkylation sites (tertiary alicyclic amines) is 1. The molecule has 3 rings (SSSR count). The fourth-order valence-corrected chi connectivity index (χ4v) is 3.65. The van der Waals surface area contributed by atoms with E-state index in [4.69, 9.17) is 10.5 Å². The van der Waals surface area contributed by atoms with Crippen LogP contribution in [-0.2, 0) is 9.53 Å². The Balaban J connectivity index is 1.50. The van der Waals surface area contributed by atoms with Crippen molar-refractivity contribution in [1.29, 1.82) is 0 Å². The number of carbonyl (C=O) groups is 2. The maximum atomic E-state index is 12.5. The van der Waals surface area contributed by atoms with Crippen molar-refractivity contribution in [2.75, 3.05) is 13.1 Å². The number of nitrogens with zero attached hydrogens (tertiary/aromatic N) is 1. The lowest BCUT2D eigenvalue weighted by atomic mass is 9.97. The minimum absolute atomic E-state index is 0.0629. The Morgan fingerprint density at radius 2 is 2.04 bits per heavy atom. The van der Waals surface area contributed by atoms with Gasteiger partial charge < -0.3 is 20.7 Å². The summed E-state index contributed by atoms with van der Waals surface area (Å²) in [6.07, 6.45) is 1.71. The van der Waals surface area contributed by atoms with Gasteiger partial charge in [0.1, 0.15) is 6.10 Å². The lowest BCUT2D eigenvalue weighted by Gasteiger charge is -2.23. The van der Waals surface area contributed by atoms with E-state index in [1.807, 2.05) is 23.1 Å². The zero-order valence-corrected chi connectivity index (χ0v) is 14.0. The highest BCUT2D eigenvalue weighted by atomic mass is 16.5. The minimum Gasteiger partial charge on any atom is -0.367 e. The Morgan fingerprint density at radius 3 is 2.71 bits per heavy atom. The Kier molecular flexibility index (Phi) is 5.04. The van der Waals surface area contributed by atoms with Crippen LogP contribution in [0.5, 0.6) is 0 Å². The number of hydrogen-bond acceptors (Lipinski definition) is 3. The van der Waals surface area contributed by atoms with Gasteiger partial charge in [-0.25, -0.2) is 4.79 Å².